The molecule has 28 heavy (non-hydrogen) atoms. The SMILES string of the molecule is CCc1ccccc1NC(=O)N(Cc1cccc(OS(C)(=O)=O)c1)C(C)CC. The van der Waals surface area contributed by atoms with Crippen LogP contribution in [-0.2, 0) is 23.1 Å². The first-order chi connectivity index (χ1) is 13.2. The highest BCUT2D eigenvalue weighted by Gasteiger charge is 2.20. The van der Waals surface area contributed by atoms with Gasteiger partial charge in [0.25, 0.3) is 0 Å². The van der Waals surface area contributed by atoms with Crippen LogP contribution in [0.15, 0.2) is 48.5 Å². The monoisotopic (exact) mass is 404 g/mol. The van der Waals surface area contributed by atoms with Crippen LogP contribution in [0.4, 0.5) is 10.5 Å². The number of para-hydroxylation sites is 1. The summed E-state index contributed by atoms with van der Waals surface area (Å²) in [6.45, 7) is 6.40. The summed E-state index contributed by atoms with van der Waals surface area (Å²) in [6, 6.07) is 14.3. The molecule has 6 nitrogen and oxygen atoms in total. The highest BCUT2D eigenvalue weighted by Crippen LogP contribution is 2.21. The van der Waals surface area contributed by atoms with Gasteiger partial charge in [-0.25, -0.2) is 4.79 Å². The molecular weight excluding hydrogens is 376 g/mol. The van der Waals surface area contributed by atoms with Gasteiger partial charge in [0.1, 0.15) is 5.75 Å². The minimum atomic E-state index is -3.60. The third kappa shape index (κ3) is 6.27. The van der Waals surface area contributed by atoms with Gasteiger partial charge in [0, 0.05) is 18.3 Å². The number of nitrogens with one attached hydrogen (secondary N) is 1. The van der Waals surface area contributed by atoms with Crippen molar-refractivity contribution in [2.24, 2.45) is 0 Å². The summed E-state index contributed by atoms with van der Waals surface area (Å²) in [5.74, 6) is 0.237. The molecule has 0 saturated heterocycles. The average Bonchev–Trinajstić information content (AvgIpc) is 2.64. The van der Waals surface area contributed by atoms with Crippen molar-refractivity contribution in [3.63, 3.8) is 0 Å². The molecule has 2 amide bonds. The molecule has 7 heteroatoms. The van der Waals surface area contributed by atoms with E-state index in [4.69, 9.17) is 4.18 Å². The summed E-state index contributed by atoms with van der Waals surface area (Å²) < 4.78 is 27.7. The number of nitrogens with zero attached hydrogens (tertiary/aromatic N) is 1. The van der Waals surface area contributed by atoms with Gasteiger partial charge in [-0.2, -0.15) is 8.42 Å². The third-order valence-corrected chi connectivity index (χ3v) is 5.02. The van der Waals surface area contributed by atoms with Crippen LogP contribution in [0, 0.1) is 0 Å². The number of hydrogen-bond acceptors (Lipinski definition) is 4. The smallest absolute Gasteiger partial charge is 0.322 e. The molecule has 0 aliphatic carbocycles. The van der Waals surface area contributed by atoms with Crippen LogP contribution in [0.3, 0.4) is 0 Å². The Morgan fingerprint density at radius 2 is 1.86 bits per heavy atom. The van der Waals surface area contributed by atoms with Crippen molar-refractivity contribution in [3.05, 3.63) is 59.7 Å². The number of anilines is 1. The second-order valence-electron chi connectivity index (χ2n) is 6.76. The van der Waals surface area contributed by atoms with Gasteiger partial charge in [0.2, 0.25) is 0 Å². The van der Waals surface area contributed by atoms with E-state index in [-0.39, 0.29) is 17.8 Å². The summed E-state index contributed by atoms with van der Waals surface area (Å²) in [6.07, 6.45) is 2.62. The van der Waals surface area contributed by atoms with Crippen LogP contribution in [0.1, 0.15) is 38.3 Å². The lowest BCUT2D eigenvalue weighted by Crippen LogP contribution is -2.40. The Bertz CT molecular complexity index is 912. The molecule has 0 spiro atoms. The van der Waals surface area contributed by atoms with Gasteiger partial charge in [0.05, 0.1) is 6.26 Å². The molecule has 0 saturated carbocycles. The molecule has 0 bridgehead atoms. The fourth-order valence-corrected chi connectivity index (χ4v) is 3.31. The highest BCUT2D eigenvalue weighted by molar-refractivity contribution is 7.86. The van der Waals surface area contributed by atoms with Crippen molar-refractivity contribution in [2.45, 2.75) is 46.2 Å². The normalized spacial score (nSPS) is 12.3. The second kappa shape index (κ2) is 9.59. The molecule has 2 aromatic carbocycles. The fraction of sp³-hybridized carbons (Fsp3) is 0.381. The van der Waals surface area contributed by atoms with Crippen LogP contribution in [-0.4, -0.2) is 31.6 Å². The Labute approximate surface area is 167 Å². The van der Waals surface area contributed by atoms with Crippen molar-refractivity contribution in [2.75, 3.05) is 11.6 Å². The lowest BCUT2D eigenvalue weighted by atomic mass is 10.1. The molecule has 2 aromatic rings. The van der Waals surface area contributed by atoms with Crippen LogP contribution in [0.5, 0.6) is 5.75 Å². The van der Waals surface area contributed by atoms with Crippen LogP contribution in [0.25, 0.3) is 0 Å². The van der Waals surface area contributed by atoms with Crippen molar-refractivity contribution in [3.8, 4) is 5.75 Å². The van der Waals surface area contributed by atoms with Gasteiger partial charge < -0.3 is 14.4 Å². The van der Waals surface area contributed by atoms with Crippen molar-refractivity contribution in [1.29, 1.82) is 0 Å². The number of urea groups is 1. The highest BCUT2D eigenvalue weighted by atomic mass is 32.2. The quantitative estimate of drug-likeness (QED) is 0.661. The minimum Gasteiger partial charge on any atom is -0.383 e. The van der Waals surface area contributed by atoms with Gasteiger partial charge in [-0.15, -0.1) is 0 Å². The van der Waals surface area contributed by atoms with E-state index in [0.29, 0.717) is 6.54 Å². The van der Waals surface area contributed by atoms with E-state index in [1.54, 1.807) is 23.1 Å². The fourth-order valence-electron chi connectivity index (χ4n) is 2.85. The zero-order chi connectivity index (χ0) is 20.7. The predicted octanol–water partition coefficient (Wildman–Crippen LogP) is 4.42. The van der Waals surface area contributed by atoms with Gasteiger partial charge in [-0.05, 0) is 49.1 Å². The van der Waals surface area contributed by atoms with E-state index in [0.717, 1.165) is 35.9 Å². The first-order valence-corrected chi connectivity index (χ1v) is 11.2. The summed E-state index contributed by atoms with van der Waals surface area (Å²) in [5.41, 5.74) is 2.67. The maximum absolute atomic E-state index is 13.0. The van der Waals surface area contributed by atoms with E-state index in [1.807, 2.05) is 51.1 Å². The number of carbonyl (C=O) groups excluding carboxylic acids is 1. The van der Waals surface area contributed by atoms with E-state index in [2.05, 4.69) is 5.32 Å². The first-order valence-electron chi connectivity index (χ1n) is 9.37. The van der Waals surface area contributed by atoms with E-state index in [1.165, 1.54) is 0 Å². The van der Waals surface area contributed by atoms with E-state index >= 15 is 0 Å². The van der Waals surface area contributed by atoms with Crippen molar-refractivity contribution < 1.29 is 17.4 Å². The number of aryl methyl sites for hydroxylation is 1. The van der Waals surface area contributed by atoms with Gasteiger partial charge in [-0.3, -0.25) is 0 Å². The summed E-state index contributed by atoms with van der Waals surface area (Å²) in [4.78, 5) is 14.7. The summed E-state index contributed by atoms with van der Waals surface area (Å²) in [7, 11) is -3.60. The Morgan fingerprint density at radius 1 is 1.14 bits per heavy atom. The molecule has 0 fully saturated rings. The molecule has 1 atom stereocenters. The third-order valence-electron chi connectivity index (χ3n) is 4.52. The number of amides is 2. The molecule has 1 N–H and O–H groups in total. The van der Waals surface area contributed by atoms with Crippen molar-refractivity contribution in [1.82, 2.24) is 4.90 Å². The maximum atomic E-state index is 13.0. The summed E-state index contributed by atoms with van der Waals surface area (Å²) >= 11 is 0. The molecule has 152 valence electrons. The molecular formula is C21H28N2O4S. The van der Waals surface area contributed by atoms with E-state index in [9.17, 15) is 13.2 Å². The lowest BCUT2D eigenvalue weighted by molar-refractivity contribution is 0.187. The van der Waals surface area contributed by atoms with Gasteiger partial charge >= 0.3 is 16.1 Å². The number of benzene rings is 2. The first kappa shape index (κ1) is 21.8. The molecule has 1 unspecified atom stereocenters. The topological polar surface area (TPSA) is 75.7 Å². The predicted molar refractivity (Wildman–Crippen MR) is 112 cm³/mol. The Kier molecular flexibility index (Phi) is 7.45. The number of rotatable bonds is 8. The standard InChI is InChI=1S/C21H28N2O4S/c1-5-16(3)23(21(24)22-20-13-8-7-11-18(20)6-2)15-17-10-9-12-19(14-17)27-28(4,25)26/h7-14,16H,5-6,15H2,1-4H3,(H,22,24). The average molecular weight is 405 g/mol. The largest absolute Gasteiger partial charge is 0.383 e. The Balaban J connectivity index is 2.22. The summed E-state index contributed by atoms with van der Waals surface area (Å²) in [5, 5.41) is 3.01. The molecule has 0 aliphatic heterocycles. The Morgan fingerprint density at radius 3 is 2.50 bits per heavy atom. The maximum Gasteiger partial charge on any atom is 0.322 e. The minimum absolute atomic E-state index is 0.00766. The van der Waals surface area contributed by atoms with Crippen LogP contribution in [0.2, 0.25) is 0 Å². The molecule has 0 radical (unpaired) electrons. The number of carbonyl (C=O) groups is 1. The molecule has 0 aromatic heterocycles. The van der Waals surface area contributed by atoms with Crippen molar-refractivity contribution >= 4 is 21.8 Å². The molecule has 2 rings (SSSR count). The van der Waals surface area contributed by atoms with Gasteiger partial charge in [-0.1, -0.05) is 44.2 Å². The zero-order valence-electron chi connectivity index (χ0n) is 16.8. The van der Waals surface area contributed by atoms with Crippen LogP contribution >= 0.6 is 0 Å². The second-order valence-corrected chi connectivity index (χ2v) is 8.34. The molecule has 0 heterocycles. The molecule has 0 aliphatic rings. The van der Waals surface area contributed by atoms with Gasteiger partial charge in [0.15, 0.2) is 0 Å². The number of hydrogen-bond donors (Lipinski definition) is 1. The lowest BCUT2D eigenvalue weighted by Gasteiger charge is -2.29. The van der Waals surface area contributed by atoms with E-state index < -0.39 is 10.1 Å². The zero-order valence-corrected chi connectivity index (χ0v) is 17.6. The Hall–Kier alpha value is -2.54. The van der Waals surface area contributed by atoms with Crippen LogP contribution < -0.4 is 9.50 Å².